The van der Waals surface area contributed by atoms with Crippen molar-refractivity contribution < 1.29 is 9.21 Å². The van der Waals surface area contributed by atoms with Crippen molar-refractivity contribution in [2.45, 2.75) is 37.1 Å². The molecule has 34 heavy (non-hydrogen) atoms. The van der Waals surface area contributed by atoms with E-state index in [2.05, 4.69) is 40.7 Å². The minimum absolute atomic E-state index is 0.0584. The number of likely N-dealkylation sites (tertiary alicyclic amines) is 1. The number of furan rings is 1. The number of piperidine rings is 1. The number of hydrogen-bond donors (Lipinski definition) is 1. The number of nitrogens with zero attached hydrogens (tertiary/aromatic N) is 1. The molecule has 3 aromatic carbocycles. The molecule has 0 bridgehead atoms. The predicted octanol–water partition coefficient (Wildman–Crippen LogP) is 7.29. The summed E-state index contributed by atoms with van der Waals surface area (Å²) < 4.78 is 6.52. The molecule has 1 N–H and O–H groups in total. The lowest BCUT2D eigenvalue weighted by atomic mass is 9.98. The summed E-state index contributed by atoms with van der Waals surface area (Å²) in [5, 5.41) is 4.15. The van der Waals surface area contributed by atoms with E-state index in [1.807, 2.05) is 55.5 Å². The Kier molecular flexibility index (Phi) is 6.75. The molecule has 174 valence electrons. The summed E-state index contributed by atoms with van der Waals surface area (Å²) in [6.45, 7) is 4.05. The van der Waals surface area contributed by atoms with Crippen LogP contribution in [-0.2, 0) is 0 Å². The zero-order valence-electron chi connectivity index (χ0n) is 19.7. The van der Waals surface area contributed by atoms with E-state index >= 15 is 0 Å². The summed E-state index contributed by atoms with van der Waals surface area (Å²) in [4.78, 5) is 17.0. The molecule has 2 heterocycles. The minimum atomic E-state index is -0.122. The molecule has 1 atom stereocenters. The van der Waals surface area contributed by atoms with Gasteiger partial charge in [0, 0.05) is 15.8 Å². The third-order valence-corrected chi connectivity index (χ3v) is 7.35. The van der Waals surface area contributed by atoms with Gasteiger partial charge in [-0.15, -0.1) is 11.8 Å². The summed E-state index contributed by atoms with van der Waals surface area (Å²) in [7, 11) is 0. The Balaban J connectivity index is 1.61. The molecule has 1 fully saturated rings. The van der Waals surface area contributed by atoms with Crippen molar-refractivity contribution in [3.05, 3.63) is 95.2 Å². The normalized spacial score (nSPS) is 15.4. The number of carbonyl (C=O) groups is 1. The quantitative estimate of drug-likeness (QED) is 0.301. The largest absolute Gasteiger partial charge is 0.457 e. The first-order valence-electron chi connectivity index (χ1n) is 11.9. The highest BCUT2D eigenvalue weighted by Crippen LogP contribution is 2.41. The minimum Gasteiger partial charge on any atom is -0.457 e. The molecule has 1 aliphatic heterocycles. The van der Waals surface area contributed by atoms with E-state index in [0.29, 0.717) is 5.56 Å². The molecule has 0 radical (unpaired) electrons. The summed E-state index contributed by atoms with van der Waals surface area (Å²) in [5.41, 5.74) is 4.51. The number of para-hydroxylation sites is 1. The van der Waals surface area contributed by atoms with E-state index < -0.39 is 0 Å². The van der Waals surface area contributed by atoms with Gasteiger partial charge in [0.2, 0.25) is 0 Å². The highest BCUT2D eigenvalue weighted by Gasteiger charge is 2.31. The van der Waals surface area contributed by atoms with Crippen LogP contribution in [0.4, 0.5) is 5.69 Å². The van der Waals surface area contributed by atoms with Crippen LogP contribution in [-0.4, -0.2) is 30.2 Å². The van der Waals surface area contributed by atoms with Crippen LogP contribution >= 0.6 is 11.8 Å². The van der Waals surface area contributed by atoms with Gasteiger partial charge < -0.3 is 9.73 Å². The molecule has 5 rings (SSSR count). The first-order chi connectivity index (χ1) is 16.6. The van der Waals surface area contributed by atoms with E-state index in [4.69, 9.17) is 4.42 Å². The molecular formula is C29H30N2O2S. The van der Waals surface area contributed by atoms with Gasteiger partial charge in [-0.05, 0) is 81.1 Å². The number of hydrogen-bond acceptors (Lipinski definition) is 4. The van der Waals surface area contributed by atoms with Gasteiger partial charge in [0.05, 0.1) is 11.7 Å². The molecule has 1 saturated heterocycles. The van der Waals surface area contributed by atoms with E-state index in [9.17, 15) is 4.79 Å². The SMILES string of the molecule is CSc1ccc([C@H](c2oc3ccccc3c2NC(=O)c2ccc(C)cc2)N2CCCCC2)cc1. The zero-order valence-corrected chi connectivity index (χ0v) is 20.5. The van der Waals surface area contributed by atoms with Crippen molar-refractivity contribution in [3.63, 3.8) is 0 Å². The maximum absolute atomic E-state index is 13.3. The second-order valence-electron chi connectivity index (χ2n) is 8.93. The van der Waals surface area contributed by atoms with Crippen LogP contribution in [0.1, 0.15) is 52.5 Å². The molecule has 4 aromatic rings. The maximum Gasteiger partial charge on any atom is 0.255 e. The lowest BCUT2D eigenvalue weighted by Gasteiger charge is -2.34. The predicted molar refractivity (Wildman–Crippen MR) is 141 cm³/mol. The molecule has 1 aliphatic rings. The average Bonchev–Trinajstić information content (AvgIpc) is 3.23. The Morgan fingerprint density at radius 1 is 0.941 bits per heavy atom. The van der Waals surface area contributed by atoms with Gasteiger partial charge in [-0.2, -0.15) is 0 Å². The molecule has 1 aromatic heterocycles. The van der Waals surface area contributed by atoms with Gasteiger partial charge in [-0.1, -0.05) is 48.4 Å². The number of carbonyl (C=O) groups excluding carboxylic acids is 1. The number of fused-ring (bicyclic) bond motifs is 1. The second-order valence-corrected chi connectivity index (χ2v) is 9.81. The van der Waals surface area contributed by atoms with Crippen molar-refractivity contribution in [1.82, 2.24) is 4.90 Å². The molecule has 0 saturated carbocycles. The second kappa shape index (κ2) is 10.1. The van der Waals surface area contributed by atoms with Gasteiger partial charge in [0.15, 0.2) is 0 Å². The van der Waals surface area contributed by atoms with Crippen LogP contribution in [0.25, 0.3) is 11.0 Å². The fraction of sp³-hybridized carbons (Fsp3) is 0.276. The topological polar surface area (TPSA) is 45.5 Å². The van der Waals surface area contributed by atoms with Crippen molar-refractivity contribution in [2.24, 2.45) is 0 Å². The number of thioether (sulfide) groups is 1. The molecule has 0 spiro atoms. The molecule has 5 heteroatoms. The van der Waals surface area contributed by atoms with E-state index in [-0.39, 0.29) is 11.9 Å². The van der Waals surface area contributed by atoms with Crippen LogP contribution in [0.5, 0.6) is 0 Å². The Labute approximate surface area is 205 Å². The number of amides is 1. The van der Waals surface area contributed by atoms with Crippen molar-refractivity contribution in [2.75, 3.05) is 24.7 Å². The van der Waals surface area contributed by atoms with Gasteiger partial charge >= 0.3 is 0 Å². The number of benzene rings is 3. The van der Waals surface area contributed by atoms with Crippen LogP contribution in [0.2, 0.25) is 0 Å². The Morgan fingerprint density at radius 2 is 1.65 bits per heavy atom. The third kappa shape index (κ3) is 4.63. The standard InChI is InChI=1S/C29H30N2O2S/c1-20-10-12-22(13-11-20)29(32)30-26-24-8-4-5-9-25(24)33-28(26)27(31-18-6-3-7-19-31)21-14-16-23(34-2)17-15-21/h4-5,8-17,27H,3,6-7,18-19H2,1-2H3,(H,30,32)/t27-/m1/s1. The molecular weight excluding hydrogens is 440 g/mol. The highest BCUT2D eigenvalue weighted by molar-refractivity contribution is 7.98. The zero-order chi connectivity index (χ0) is 23.5. The van der Waals surface area contributed by atoms with Gasteiger partial charge in [0.1, 0.15) is 11.3 Å². The average molecular weight is 471 g/mol. The molecule has 1 amide bonds. The van der Waals surface area contributed by atoms with Crippen LogP contribution in [0.3, 0.4) is 0 Å². The Hall–Kier alpha value is -3.02. The van der Waals surface area contributed by atoms with E-state index in [0.717, 1.165) is 41.1 Å². The third-order valence-electron chi connectivity index (χ3n) is 6.61. The first kappa shape index (κ1) is 22.8. The van der Waals surface area contributed by atoms with Crippen LogP contribution in [0, 0.1) is 6.92 Å². The maximum atomic E-state index is 13.3. The summed E-state index contributed by atoms with van der Waals surface area (Å²) in [5.74, 6) is 0.684. The summed E-state index contributed by atoms with van der Waals surface area (Å²) in [6.07, 6.45) is 5.69. The smallest absolute Gasteiger partial charge is 0.255 e. The number of nitrogens with one attached hydrogen (secondary N) is 1. The lowest BCUT2D eigenvalue weighted by Crippen LogP contribution is -2.34. The van der Waals surface area contributed by atoms with Gasteiger partial charge in [-0.3, -0.25) is 9.69 Å². The van der Waals surface area contributed by atoms with E-state index in [1.54, 1.807) is 11.8 Å². The Bertz CT molecular complexity index is 1270. The molecule has 4 nitrogen and oxygen atoms in total. The van der Waals surface area contributed by atoms with Gasteiger partial charge in [-0.25, -0.2) is 0 Å². The summed E-state index contributed by atoms with van der Waals surface area (Å²) in [6, 6.07) is 24.3. The van der Waals surface area contributed by atoms with Crippen molar-refractivity contribution in [3.8, 4) is 0 Å². The van der Waals surface area contributed by atoms with E-state index in [1.165, 1.54) is 29.7 Å². The molecule has 0 aliphatic carbocycles. The first-order valence-corrected chi connectivity index (χ1v) is 13.1. The van der Waals surface area contributed by atoms with Crippen LogP contribution < -0.4 is 5.32 Å². The highest BCUT2D eigenvalue weighted by atomic mass is 32.2. The monoisotopic (exact) mass is 470 g/mol. The van der Waals surface area contributed by atoms with Crippen LogP contribution in [0.15, 0.2) is 82.1 Å². The van der Waals surface area contributed by atoms with Crippen molar-refractivity contribution in [1.29, 1.82) is 0 Å². The molecule has 0 unspecified atom stereocenters. The fourth-order valence-corrected chi connectivity index (χ4v) is 5.18. The number of aryl methyl sites for hydroxylation is 1. The van der Waals surface area contributed by atoms with Crippen molar-refractivity contribution >= 4 is 34.3 Å². The Morgan fingerprint density at radius 3 is 2.35 bits per heavy atom. The number of rotatable bonds is 6. The summed E-state index contributed by atoms with van der Waals surface area (Å²) >= 11 is 1.74. The fourth-order valence-electron chi connectivity index (χ4n) is 4.77. The lowest BCUT2D eigenvalue weighted by molar-refractivity contribution is 0.102. The number of anilines is 1. The van der Waals surface area contributed by atoms with Gasteiger partial charge in [0.25, 0.3) is 5.91 Å².